The zero-order chi connectivity index (χ0) is 13.4. The van der Waals surface area contributed by atoms with E-state index in [2.05, 4.69) is 65.9 Å². The predicted molar refractivity (Wildman–Crippen MR) is 84.0 cm³/mol. The van der Waals surface area contributed by atoms with Gasteiger partial charge >= 0.3 is 0 Å². The van der Waals surface area contributed by atoms with Gasteiger partial charge in [0.1, 0.15) is 0 Å². The summed E-state index contributed by atoms with van der Waals surface area (Å²) < 4.78 is 1.20. The molecule has 1 aromatic carbocycles. The molecule has 0 aliphatic rings. The number of rotatable bonds is 8. The maximum atomic E-state index is 4.13. The number of halogens is 1. The summed E-state index contributed by atoms with van der Waals surface area (Å²) in [6.07, 6.45) is 4.36. The third kappa shape index (κ3) is 5.36. The second-order valence-corrected chi connectivity index (χ2v) is 5.61. The highest BCUT2D eigenvalue weighted by Crippen LogP contribution is 2.20. The molecule has 0 amide bonds. The van der Waals surface area contributed by atoms with Gasteiger partial charge in [-0.25, -0.2) is 0 Å². The van der Waals surface area contributed by atoms with E-state index >= 15 is 0 Å². The summed E-state index contributed by atoms with van der Waals surface area (Å²) >= 11 is 3.63. The van der Waals surface area contributed by atoms with E-state index in [1.807, 2.05) is 0 Å². The van der Waals surface area contributed by atoms with Gasteiger partial charge in [-0.2, -0.15) is 0 Å². The van der Waals surface area contributed by atoms with Gasteiger partial charge < -0.3 is 5.32 Å². The average Bonchev–Trinajstić information content (AvgIpc) is 2.38. The molecule has 0 bridgehead atoms. The molecule has 18 heavy (non-hydrogen) atoms. The molecule has 0 spiro atoms. The van der Waals surface area contributed by atoms with E-state index < -0.39 is 0 Å². The largest absolute Gasteiger partial charge is 0.313 e. The molecule has 0 aromatic heterocycles. The smallest absolute Gasteiger partial charge is 0.0207 e. The molecule has 0 saturated heterocycles. The Morgan fingerprint density at radius 1 is 1.33 bits per heavy atom. The van der Waals surface area contributed by atoms with Gasteiger partial charge in [-0.05, 0) is 43.9 Å². The molecule has 1 unspecified atom stereocenters. The minimum atomic E-state index is 0.496. The fraction of sp³-hybridized carbons (Fsp3) is 0.500. The van der Waals surface area contributed by atoms with Crippen LogP contribution in [0.3, 0.4) is 0 Å². The van der Waals surface area contributed by atoms with Crippen molar-refractivity contribution in [3.05, 3.63) is 46.5 Å². The number of hydrogen-bond acceptors (Lipinski definition) is 1. The first kappa shape index (κ1) is 15.5. The van der Waals surface area contributed by atoms with Gasteiger partial charge in [0.15, 0.2) is 0 Å². The first-order valence-corrected chi connectivity index (χ1v) is 7.60. The van der Waals surface area contributed by atoms with E-state index in [-0.39, 0.29) is 0 Å². The average molecular weight is 310 g/mol. The summed E-state index contributed by atoms with van der Waals surface area (Å²) in [4.78, 5) is 0. The van der Waals surface area contributed by atoms with Crippen LogP contribution in [0.25, 0.3) is 0 Å². The Balaban J connectivity index is 2.65. The standard InChI is InChI=1S/C16H24BrN/c1-4-10-18-15(11-13(3)5-2)12-14-8-6-7-9-16(14)17/h6-9,15,18H,3-5,10-12H2,1-2H3. The van der Waals surface area contributed by atoms with Crippen molar-refractivity contribution in [3.63, 3.8) is 0 Å². The lowest BCUT2D eigenvalue weighted by molar-refractivity contribution is 0.499. The topological polar surface area (TPSA) is 12.0 Å². The number of nitrogens with one attached hydrogen (secondary N) is 1. The second kappa shape index (κ2) is 8.49. The van der Waals surface area contributed by atoms with Crippen LogP contribution in [-0.2, 0) is 6.42 Å². The lowest BCUT2D eigenvalue weighted by Gasteiger charge is -2.20. The van der Waals surface area contributed by atoms with Crippen LogP contribution in [0.5, 0.6) is 0 Å². The molecule has 0 fully saturated rings. The highest BCUT2D eigenvalue weighted by molar-refractivity contribution is 9.10. The van der Waals surface area contributed by atoms with Crippen LogP contribution in [0.1, 0.15) is 38.7 Å². The van der Waals surface area contributed by atoms with E-state index in [1.54, 1.807) is 0 Å². The van der Waals surface area contributed by atoms with Crippen molar-refractivity contribution in [2.75, 3.05) is 6.54 Å². The van der Waals surface area contributed by atoms with E-state index in [0.29, 0.717) is 6.04 Å². The van der Waals surface area contributed by atoms with Gasteiger partial charge in [0, 0.05) is 10.5 Å². The Morgan fingerprint density at radius 3 is 2.67 bits per heavy atom. The lowest BCUT2D eigenvalue weighted by atomic mass is 9.98. The van der Waals surface area contributed by atoms with Crippen molar-refractivity contribution in [2.45, 2.75) is 45.6 Å². The van der Waals surface area contributed by atoms with E-state index in [9.17, 15) is 0 Å². The quantitative estimate of drug-likeness (QED) is 0.685. The summed E-state index contributed by atoms with van der Waals surface area (Å²) in [6.45, 7) is 9.59. The summed E-state index contributed by atoms with van der Waals surface area (Å²) in [5, 5.41) is 3.63. The summed E-state index contributed by atoms with van der Waals surface area (Å²) in [5.41, 5.74) is 2.70. The minimum absolute atomic E-state index is 0.496. The van der Waals surface area contributed by atoms with Crippen LogP contribution >= 0.6 is 15.9 Å². The Hall–Kier alpha value is -0.600. The Labute approximate surface area is 120 Å². The van der Waals surface area contributed by atoms with Crippen molar-refractivity contribution in [2.24, 2.45) is 0 Å². The van der Waals surface area contributed by atoms with Crippen LogP contribution in [0.2, 0.25) is 0 Å². The zero-order valence-corrected chi connectivity index (χ0v) is 13.1. The maximum absolute atomic E-state index is 4.13. The molecule has 0 radical (unpaired) electrons. The summed E-state index contributed by atoms with van der Waals surface area (Å²) in [6, 6.07) is 8.97. The molecule has 0 aliphatic carbocycles. The van der Waals surface area contributed by atoms with Crippen molar-refractivity contribution in [3.8, 4) is 0 Å². The van der Waals surface area contributed by atoms with E-state index in [0.717, 1.165) is 25.8 Å². The molecule has 100 valence electrons. The highest BCUT2D eigenvalue weighted by atomic mass is 79.9. The fourth-order valence-electron chi connectivity index (χ4n) is 1.99. The summed E-state index contributed by atoms with van der Waals surface area (Å²) in [5.74, 6) is 0. The molecular weight excluding hydrogens is 286 g/mol. The van der Waals surface area contributed by atoms with Crippen LogP contribution in [0.4, 0.5) is 0 Å². The molecule has 1 nitrogen and oxygen atoms in total. The zero-order valence-electron chi connectivity index (χ0n) is 11.5. The number of benzene rings is 1. The molecule has 2 heteroatoms. The highest BCUT2D eigenvalue weighted by Gasteiger charge is 2.11. The third-order valence-corrected chi connectivity index (χ3v) is 3.92. The predicted octanol–water partition coefficient (Wildman–Crippen LogP) is 4.72. The van der Waals surface area contributed by atoms with Crippen molar-refractivity contribution in [1.29, 1.82) is 0 Å². The molecule has 0 heterocycles. The van der Waals surface area contributed by atoms with Gasteiger partial charge in [-0.15, -0.1) is 0 Å². The maximum Gasteiger partial charge on any atom is 0.0207 e. The van der Waals surface area contributed by atoms with Crippen molar-refractivity contribution >= 4 is 15.9 Å². The van der Waals surface area contributed by atoms with Gasteiger partial charge in [-0.1, -0.05) is 60.1 Å². The van der Waals surface area contributed by atoms with Crippen LogP contribution < -0.4 is 5.32 Å². The second-order valence-electron chi connectivity index (χ2n) is 4.75. The van der Waals surface area contributed by atoms with Gasteiger partial charge in [0.05, 0.1) is 0 Å². The molecule has 1 atom stereocenters. The minimum Gasteiger partial charge on any atom is -0.313 e. The van der Waals surface area contributed by atoms with Crippen molar-refractivity contribution < 1.29 is 0 Å². The first-order chi connectivity index (χ1) is 8.67. The monoisotopic (exact) mass is 309 g/mol. The first-order valence-electron chi connectivity index (χ1n) is 6.80. The fourth-order valence-corrected chi connectivity index (χ4v) is 2.43. The van der Waals surface area contributed by atoms with Gasteiger partial charge in [0.2, 0.25) is 0 Å². The van der Waals surface area contributed by atoms with E-state index in [1.165, 1.54) is 22.0 Å². The van der Waals surface area contributed by atoms with Crippen molar-refractivity contribution in [1.82, 2.24) is 5.32 Å². The van der Waals surface area contributed by atoms with Gasteiger partial charge in [-0.3, -0.25) is 0 Å². The molecular formula is C16H24BrN. The van der Waals surface area contributed by atoms with Crippen LogP contribution in [0, 0.1) is 0 Å². The summed E-state index contributed by atoms with van der Waals surface area (Å²) in [7, 11) is 0. The molecule has 1 N–H and O–H groups in total. The Kier molecular flexibility index (Phi) is 7.29. The SMILES string of the molecule is C=C(CC)CC(Cc1ccccc1Br)NCCC. The molecule has 0 aliphatic heterocycles. The molecule has 1 aromatic rings. The normalized spacial score (nSPS) is 12.4. The number of hydrogen-bond donors (Lipinski definition) is 1. The Morgan fingerprint density at radius 2 is 2.06 bits per heavy atom. The van der Waals surface area contributed by atoms with Gasteiger partial charge in [0.25, 0.3) is 0 Å². The third-order valence-electron chi connectivity index (χ3n) is 3.14. The van der Waals surface area contributed by atoms with Crippen LogP contribution in [0.15, 0.2) is 40.9 Å². The Bertz CT molecular complexity index is 373. The lowest BCUT2D eigenvalue weighted by Crippen LogP contribution is -2.32. The van der Waals surface area contributed by atoms with Crippen LogP contribution in [-0.4, -0.2) is 12.6 Å². The molecule has 1 rings (SSSR count). The molecule has 0 saturated carbocycles. The van der Waals surface area contributed by atoms with E-state index in [4.69, 9.17) is 0 Å².